The number of rotatable bonds is 37. The number of amides is 5. The summed E-state index contributed by atoms with van der Waals surface area (Å²) < 4.78 is 22.7. The molecule has 0 fully saturated rings. The number of nitrogens with two attached hydrogens (primary N) is 1. The van der Waals surface area contributed by atoms with Gasteiger partial charge in [-0.1, -0.05) is 35.3 Å². The van der Waals surface area contributed by atoms with Gasteiger partial charge >= 0.3 is 0 Å². The molecule has 32 heteroatoms. The first-order valence-corrected chi connectivity index (χ1v) is 35.0. The van der Waals surface area contributed by atoms with Crippen molar-refractivity contribution < 1.29 is 57.3 Å². The van der Waals surface area contributed by atoms with Crippen molar-refractivity contribution in [3.63, 3.8) is 0 Å². The molecule has 0 aliphatic rings. The van der Waals surface area contributed by atoms with Crippen molar-refractivity contribution in [1.29, 1.82) is 21.0 Å². The van der Waals surface area contributed by atoms with Crippen LogP contribution in [0.5, 0.6) is 23.0 Å². The van der Waals surface area contributed by atoms with Gasteiger partial charge in [0.25, 0.3) is 23.6 Å². The Hall–Kier alpha value is -13.3. The number of nitrogens with one attached hydrogen (secondary N) is 4. The Labute approximate surface area is 619 Å². The predicted octanol–water partition coefficient (Wildman–Crippen LogP) is 12.5. The highest BCUT2D eigenvalue weighted by atomic mass is 32.2. The average molecular weight is 1480 g/mol. The maximum atomic E-state index is 14.2. The molecular weight excluding hydrogens is 1420 g/mol. The largest absolute Gasteiger partial charge is 0.484 e. The van der Waals surface area contributed by atoms with Gasteiger partial charge in [-0.2, -0.15) is 62.0 Å². The lowest BCUT2D eigenvalue weighted by Crippen LogP contribution is -2.46. The minimum atomic E-state index is -1.27. The van der Waals surface area contributed by atoms with Crippen LogP contribution in [0, 0.1) is 45.3 Å². The Bertz CT molecular complexity index is 4660. The van der Waals surface area contributed by atoms with Crippen molar-refractivity contribution in [3.05, 3.63) is 216 Å². The van der Waals surface area contributed by atoms with Crippen molar-refractivity contribution in [1.82, 2.24) is 21.3 Å². The fourth-order valence-corrected chi connectivity index (χ4v) is 11.3. The fraction of sp³-hybridized carbons (Fsp3) is 0.189. The Morgan fingerprint density at radius 2 is 0.557 bits per heavy atom. The molecule has 0 radical (unpaired) electrons. The van der Waals surface area contributed by atoms with Gasteiger partial charge in [-0.3, -0.25) is 38.4 Å². The number of ether oxygens (including phenoxy) is 4. The number of hydrogen-bond acceptors (Lipinski definition) is 27. The molecule has 0 aromatic heterocycles. The Balaban J connectivity index is 0.867. The minimum Gasteiger partial charge on any atom is -0.484 e. The van der Waals surface area contributed by atoms with E-state index in [9.17, 15) is 38.4 Å². The van der Waals surface area contributed by atoms with E-state index in [1.165, 1.54) is 0 Å². The molecule has 8 aromatic carbocycles. The Morgan fingerprint density at radius 3 is 0.811 bits per heavy atom. The van der Waals surface area contributed by atoms with Crippen LogP contribution >= 0.6 is 35.3 Å². The van der Waals surface area contributed by atoms with Crippen LogP contribution in [0.25, 0.3) is 0 Å². The van der Waals surface area contributed by atoms with Crippen LogP contribution in [0.2, 0.25) is 0 Å². The summed E-state index contributed by atoms with van der Waals surface area (Å²) in [4.78, 5) is 107. The summed E-state index contributed by atoms with van der Waals surface area (Å²) in [5.74, 6) is -2.67. The van der Waals surface area contributed by atoms with Crippen molar-refractivity contribution in [2.45, 2.75) is 37.4 Å². The summed E-state index contributed by atoms with van der Waals surface area (Å²) >= 11 is 2.26. The molecule has 0 spiro atoms. The lowest BCUT2D eigenvalue weighted by Gasteiger charge is -2.20. The molecule has 29 nitrogen and oxygen atoms in total. The molecule has 0 bridgehead atoms. The molecule has 0 saturated heterocycles. The third kappa shape index (κ3) is 27.9. The second kappa shape index (κ2) is 42.2. The second-order valence-electron chi connectivity index (χ2n) is 22.0. The molecule has 534 valence electrons. The van der Waals surface area contributed by atoms with E-state index < -0.39 is 96.0 Å². The van der Waals surface area contributed by atoms with Crippen molar-refractivity contribution >= 4 is 126 Å². The first-order chi connectivity index (χ1) is 51.5. The molecule has 6 N–H and O–H groups in total. The van der Waals surface area contributed by atoms with E-state index in [0.717, 1.165) is 35.3 Å². The van der Waals surface area contributed by atoms with Gasteiger partial charge in [0.2, 0.25) is 21.3 Å². The van der Waals surface area contributed by atoms with Crippen LogP contribution < -0.4 is 45.9 Å². The number of benzene rings is 8. The molecule has 0 unspecified atom stereocenters. The number of carbonyl (C=O) groups is 8. The summed E-state index contributed by atoms with van der Waals surface area (Å²) in [6.07, 6.45) is -0.368. The van der Waals surface area contributed by atoms with E-state index in [4.69, 9.17) is 45.7 Å². The van der Waals surface area contributed by atoms with Crippen molar-refractivity contribution in [2.24, 2.45) is 46.6 Å². The number of nitrogens with zero attached hydrogens (tertiary/aromatic N) is 12. The van der Waals surface area contributed by atoms with Crippen LogP contribution in [0.3, 0.4) is 0 Å². The molecular formula is C74H63N17O12S3. The standard InChI is InChI=1S/C74H63N17O12S3/c75-39-48-1-9-52(10-2-48)84-88-56-17-25-60(26-18-56)100-44-67(92)80-43-71(96)104-36-34-65(82-69(94)46-102-62-29-21-58(22-30-62)90-86-54-13-5-50(41-77)6-14-54)73(98)106-38-35-66(83-70(95)47-103-63-31-23-59(24-32-63)91-87-55-15-7-51(42-78)8-16-55)74(99)105-37-33-64(72(79)97)81-68(93)45-101-61-27-19-57(20-28-61)89-85-53-11-3-49(40-76)4-12-53/h1-32,64-66H,33-38,43-47H2,(H2,79,97)(H,80,92)(H,81,93)(H,82,94)(H,83,95)/t64-,65-,66-/m0/s1. The van der Waals surface area contributed by atoms with Gasteiger partial charge < -0.3 is 45.9 Å². The lowest BCUT2D eigenvalue weighted by molar-refractivity contribution is -0.128. The van der Waals surface area contributed by atoms with Gasteiger partial charge in [0.15, 0.2) is 26.4 Å². The van der Waals surface area contributed by atoms with Crippen LogP contribution in [0.1, 0.15) is 41.5 Å². The van der Waals surface area contributed by atoms with Crippen molar-refractivity contribution in [2.75, 3.05) is 50.2 Å². The number of carbonyl (C=O) groups excluding carboxylic acids is 8. The zero-order valence-corrected chi connectivity index (χ0v) is 58.5. The first kappa shape index (κ1) is 78.4. The van der Waals surface area contributed by atoms with E-state index in [0.29, 0.717) is 79.3 Å². The third-order valence-electron chi connectivity index (χ3n) is 14.3. The zero-order chi connectivity index (χ0) is 75.3. The quantitative estimate of drug-likeness (QED) is 0.0226. The monoisotopic (exact) mass is 1480 g/mol. The highest BCUT2D eigenvalue weighted by Gasteiger charge is 2.27. The number of thioether (sulfide) groups is 3. The van der Waals surface area contributed by atoms with Gasteiger partial charge in [-0.05, 0) is 213 Å². The average Bonchev–Trinajstić information content (AvgIpc) is 0.912. The van der Waals surface area contributed by atoms with Crippen molar-refractivity contribution in [3.8, 4) is 47.3 Å². The molecule has 5 amide bonds. The molecule has 0 aliphatic heterocycles. The Kier molecular flexibility index (Phi) is 31.2. The van der Waals surface area contributed by atoms with Gasteiger partial charge in [0, 0.05) is 17.3 Å². The van der Waals surface area contributed by atoms with Gasteiger partial charge in [-0.25, -0.2) is 0 Å². The summed E-state index contributed by atoms with van der Waals surface area (Å²) in [6.45, 7) is -2.45. The second-order valence-corrected chi connectivity index (χ2v) is 25.4. The van der Waals surface area contributed by atoms with E-state index >= 15 is 0 Å². The molecule has 0 saturated carbocycles. The SMILES string of the molecule is N#Cc1ccc(N=Nc2ccc(OCC(=O)NCC(=O)SCC[C@H](NC(=O)COc3ccc(N=Nc4ccc(C#N)cc4)cc3)C(=O)SCC[C@H](NC(=O)COc3ccc(N=Nc4ccc(C#N)cc4)cc3)C(=O)SCC[C@H](NC(=O)COc3ccc(N=Nc4ccc(C#N)cc4)cc3)C(N)=O)cc2)cc1. The fourth-order valence-electron chi connectivity index (χ4n) is 8.71. The summed E-state index contributed by atoms with van der Waals surface area (Å²) in [7, 11) is 0. The zero-order valence-electron chi connectivity index (χ0n) is 56.1. The molecule has 0 aliphatic carbocycles. The maximum absolute atomic E-state index is 14.2. The smallest absolute Gasteiger partial charge is 0.258 e. The Morgan fingerprint density at radius 1 is 0.330 bits per heavy atom. The maximum Gasteiger partial charge on any atom is 0.258 e. The summed E-state index contributed by atoms with van der Waals surface area (Å²) in [5.41, 5.74) is 11.5. The molecule has 3 atom stereocenters. The van der Waals surface area contributed by atoms with Crippen LogP contribution in [0.4, 0.5) is 45.5 Å². The van der Waals surface area contributed by atoms with E-state index in [1.807, 2.05) is 24.3 Å². The normalized spacial score (nSPS) is 11.8. The number of nitriles is 4. The predicted molar refractivity (Wildman–Crippen MR) is 393 cm³/mol. The van der Waals surface area contributed by atoms with Crippen LogP contribution in [-0.2, 0) is 38.4 Å². The molecule has 0 heterocycles. The van der Waals surface area contributed by atoms with E-state index in [1.54, 1.807) is 194 Å². The number of hydrogen-bond donors (Lipinski definition) is 5. The van der Waals surface area contributed by atoms with Gasteiger partial charge in [0.05, 0.1) is 111 Å². The van der Waals surface area contributed by atoms with Gasteiger partial charge in [0.1, 0.15) is 29.0 Å². The minimum absolute atomic E-state index is 0.0127. The number of primary amides is 1. The van der Waals surface area contributed by atoms with E-state index in [2.05, 4.69) is 62.2 Å². The highest BCUT2D eigenvalue weighted by molar-refractivity contribution is 8.14. The van der Waals surface area contributed by atoms with Gasteiger partial charge in [-0.15, -0.1) is 0 Å². The first-order valence-electron chi connectivity index (χ1n) is 32.0. The van der Waals surface area contributed by atoms with E-state index in [-0.39, 0.29) is 48.0 Å². The molecule has 8 aromatic rings. The number of azo groups is 4. The summed E-state index contributed by atoms with van der Waals surface area (Å²) in [6, 6.07) is 55.7. The van der Waals surface area contributed by atoms with Crippen LogP contribution in [-0.4, -0.2) is 113 Å². The molecule has 8 rings (SSSR count). The summed E-state index contributed by atoms with van der Waals surface area (Å²) in [5, 5.41) is 78.3. The lowest BCUT2D eigenvalue weighted by atomic mass is 10.2. The van der Waals surface area contributed by atoms with Crippen LogP contribution in [0.15, 0.2) is 235 Å². The third-order valence-corrected chi connectivity index (χ3v) is 17.2. The topological polar surface area (TPSA) is 442 Å². The molecule has 106 heavy (non-hydrogen) atoms. The highest BCUT2D eigenvalue weighted by Crippen LogP contribution is 2.27.